The molecule has 1 saturated heterocycles. The van der Waals surface area contributed by atoms with E-state index in [9.17, 15) is 9.59 Å². The normalized spacial score (nSPS) is 20.9. The van der Waals surface area contributed by atoms with Crippen LogP contribution in [-0.4, -0.2) is 35.7 Å². The van der Waals surface area contributed by atoms with Crippen LogP contribution in [0.2, 0.25) is 0 Å². The maximum absolute atomic E-state index is 15.5. The van der Waals surface area contributed by atoms with Gasteiger partial charge >= 0.3 is 5.69 Å². The van der Waals surface area contributed by atoms with Gasteiger partial charge in [-0.3, -0.25) is 15.1 Å². The number of nitrogens with two attached hydrogens (primary N) is 2. The zero-order valence-electron chi connectivity index (χ0n) is 19.8. The summed E-state index contributed by atoms with van der Waals surface area (Å²) in [7, 11) is 1.42. The van der Waals surface area contributed by atoms with Crippen LogP contribution in [0.25, 0.3) is 10.9 Å². The maximum atomic E-state index is 15.5. The number of nitrogen functional groups attached to an aromatic ring is 1. The van der Waals surface area contributed by atoms with Crippen molar-refractivity contribution in [1.82, 2.24) is 9.24 Å². The monoisotopic (exact) mass is 483 g/mol. The number of fused-ring (bicyclic) bond motifs is 1. The molecule has 2 aliphatic rings. The molecule has 1 saturated carbocycles. The van der Waals surface area contributed by atoms with E-state index >= 15 is 4.39 Å². The van der Waals surface area contributed by atoms with Crippen molar-refractivity contribution in [2.45, 2.75) is 38.5 Å². The third kappa shape index (κ3) is 4.12. The molecule has 4 N–H and O–H groups in total. The summed E-state index contributed by atoms with van der Waals surface area (Å²) < 4.78 is 29.1. The summed E-state index contributed by atoms with van der Waals surface area (Å²) in [5.74, 6) is 6.38. The van der Waals surface area contributed by atoms with Crippen molar-refractivity contribution in [1.29, 1.82) is 0 Å². The fourth-order valence-corrected chi connectivity index (χ4v) is 5.14. The molecule has 3 atom stereocenters. The molecular weight excluding hydrogens is 453 g/mol. The van der Waals surface area contributed by atoms with Crippen LogP contribution >= 0.6 is 0 Å². The van der Waals surface area contributed by atoms with E-state index in [1.54, 1.807) is 0 Å². The standard InChI is InChI=1S/C25H30FN5O4/c1-14-12-29(13-15(14)10-20(27)35-17-6-4-3-5-7-17)22-19(26)11-18-21(23(22)34-2)30(16-8-9-16)25(33)31(28)24(18)32/h3-7,11,14-16,20H,8-10,12-13,27-28H2,1-2H3/t14-,15+,20-/m1/s1. The van der Waals surface area contributed by atoms with Crippen molar-refractivity contribution in [3.63, 3.8) is 0 Å². The van der Waals surface area contributed by atoms with Gasteiger partial charge in [0.25, 0.3) is 5.56 Å². The molecule has 186 valence electrons. The van der Waals surface area contributed by atoms with Crippen LogP contribution < -0.4 is 37.2 Å². The molecule has 0 spiro atoms. The van der Waals surface area contributed by atoms with Crippen molar-refractivity contribution in [3.05, 3.63) is 63.1 Å². The fourth-order valence-electron chi connectivity index (χ4n) is 5.14. The smallest absolute Gasteiger partial charge is 0.350 e. The van der Waals surface area contributed by atoms with Gasteiger partial charge in [0.2, 0.25) is 0 Å². The number of para-hydroxylation sites is 1. The van der Waals surface area contributed by atoms with Gasteiger partial charge in [-0.1, -0.05) is 25.1 Å². The molecule has 0 amide bonds. The fraction of sp³-hybridized carbons (Fsp3) is 0.440. The highest BCUT2D eigenvalue weighted by molar-refractivity contribution is 5.91. The number of rotatable bonds is 7. The predicted octanol–water partition coefficient (Wildman–Crippen LogP) is 2.19. The number of anilines is 1. The lowest BCUT2D eigenvalue weighted by Gasteiger charge is -2.25. The molecule has 1 aromatic heterocycles. The van der Waals surface area contributed by atoms with Crippen molar-refractivity contribution < 1.29 is 13.9 Å². The van der Waals surface area contributed by atoms with Crippen molar-refractivity contribution >= 4 is 16.6 Å². The molecule has 2 fully saturated rings. The second-order valence-corrected chi connectivity index (χ2v) is 9.54. The van der Waals surface area contributed by atoms with Gasteiger partial charge in [0.05, 0.1) is 12.5 Å². The van der Waals surface area contributed by atoms with E-state index in [0.29, 0.717) is 35.5 Å². The Balaban J connectivity index is 1.50. The van der Waals surface area contributed by atoms with Crippen LogP contribution in [0.5, 0.6) is 11.5 Å². The van der Waals surface area contributed by atoms with E-state index in [1.807, 2.05) is 35.2 Å². The summed E-state index contributed by atoms with van der Waals surface area (Å²) in [5.41, 5.74) is 5.44. The molecule has 9 nitrogen and oxygen atoms in total. The Bertz CT molecular complexity index is 1370. The van der Waals surface area contributed by atoms with E-state index in [1.165, 1.54) is 17.7 Å². The number of halogens is 1. The molecule has 1 aliphatic heterocycles. The van der Waals surface area contributed by atoms with E-state index in [4.69, 9.17) is 21.1 Å². The molecule has 2 aromatic carbocycles. The molecule has 2 heterocycles. The number of ether oxygens (including phenoxy) is 2. The van der Waals surface area contributed by atoms with E-state index in [-0.39, 0.29) is 34.7 Å². The average molecular weight is 484 g/mol. The predicted molar refractivity (Wildman–Crippen MR) is 132 cm³/mol. The highest BCUT2D eigenvalue weighted by Gasteiger charge is 2.37. The summed E-state index contributed by atoms with van der Waals surface area (Å²) in [6, 6.07) is 10.5. The summed E-state index contributed by atoms with van der Waals surface area (Å²) in [4.78, 5) is 27.5. The Morgan fingerprint density at radius 2 is 1.89 bits per heavy atom. The minimum absolute atomic E-state index is 0.0270. The van der Waals surface area contributed by atoms with Crippen LogP contribution in [0, 0.1) is 17.7 Å². The van der Waals surface area contributed by atoms with Gasteiger partial charge in [-0.25, -0.2) is 9.18 Å². The average Bonchev–Trinajstić information content (AvgIpc) is 3.61. The Labute approximate surface area is 201 Å². The van der Waals surface area contributed by atoms with Crippen molar-refractivity contribution in [3.8, 4) is 11.5 Å². The Kier molecular flexibility index (Phi) is 5.92. The molecule has 10 heteroatoms. The van der Waals surface area contributed by atoms with Crippen LogP contribution in [0.1, 0.15) is 32.2 Å². The summed E-state index contributed by atoms with van der Waals surface area (Å²) in [6.07, 6.45) is 1.65. The Morgan fingerprint density at radius 1 is 1.17 bits per heavy atom. The van der Waals surface area contributed by atoms with Gasteiger partial charge in [-0.05, 0) is 42.9 Å². The Morgan fingerprint density at radius 3 is 2.54 bits per heavy atom. The third-order valence-electron chi connectivity index (χ3n) is 7.05. The second kappa shape index (κ2) is 8.92. The summed E-state index contributed by atoms with van der Waals surface area (Å²) in [5, 5.41) is 0.0270. The molecule has 0 unspecified atom stereocenters. The molecule has 1 aliphatic carbocycles. The first kappa shape index (κ1) is 23.2. The van der Waals surface area contributed by atoms with Gasteiger partial charge in [-0.15, -0.1) is 0 Å². The molecule has 3 aromatic rings. The topological polar surface area (TPSA) is 118 Å². The maximum Gasteiger partial charge on any atom is 0.350 e. The zero-order chi connectivity index (χ0) is 24.9. The highest BCUT2D eigenvalue weighted by atomic mass is 19.1. The molecule has 35 heavy (non-hydrogen) atoms. The number of hydrogen-bond donors (Lipinski definition) is 2. The lowest BCUT2D eigenvalue weighted by atomic mass is 9.94. The van der Waals surface area contributed by atoms with Crippen LogP contribution in [0.4, 0.5) is 10.1 Å². The van der Waals surface area contributed by atoms with Crippen LogP contribution in [0.15, 0.2) is 46.0 Å². The van der Waals surface area contributed by atoms with Crippen molar-refractivity contribution in [2.75, 3.05) is 30.9 Å². The first-order chi connectivity index (χ1) is 16.8. The molecular formula is C25H30FN5O4. The van der Waals surface area contributed by atoms with E-state index in [0.717, 1.165) is 12.8 Å². The highest BCUT2D eigenvalue weighted by Crippen LogP contribution is 2.44. The van der Waals surface area contributed by atoms with Gasteiger partial charge in [-0.2, -0.15) is 4.68 Å². The molecule has 5 rings (SSSR count). The minimum Gasteiger partial charge on any atom is -0.492 e. The lowest BCUT2D eigenvalue weighted by Crippen LogP contribution is -2.44. The second-order valence-electron chi connectivity index (χ2n) is 9.54. The SMILES string of the molecule is COc1c(N2C[C@H](C[C@H](N)Oc3ccccc3)[C@H](C)C2)c(F)cc2c(=O)n(N)c(=O)n(C3CC3)c12. The van der Waals surface area contributed by atoms with E-state index in [2.05, 4.69) is 6.92 Å². The first-order valence-electron chi connectivity index (χ1n) is 11.8. The minimum atomic E-state index is -0.748. The summed E-state index contributed by atoms with van der Waals surface area (Å²) >= 11 is 0. The number of nitrogens with zero attached hydrogens (tertiary/aromatic N) is 3. The quantitative estimate of drug-likeness (QED) is 0.391. The van der Waals surface area contributed by atoms with Crippen LogP contribution in [0.3, 0.4) is 0 Å². The largest absolute Gasteiger partial charge is 0.492 e. The van der Waals surface area contributed by atoms with Crippen LogP contribution in [-0.2, 0) is 0 Å². The van der Waals surface area contributed by atoms with Gasteiger partial charge in [0.1, 0.15) is 23.2 Å². The number of methoxy groups -OCH3 is 1. The molecule has 0 bridgehead atoms. The van der Waals surface area contributed by atoms with E-state index < -0.39 is 23.3 Å². The summed E-state index contributed by atoms with van der Waals surface area (Å²) in [6.45, 7) is 3.20. The van der Waals surface area contributed by atoms with Crippen molar-refractivity contribution in [2.24, 2.45) is 17.6 Å². The number of aromatic nitrogens is 2. The van der Waals surface area contributed by atoms with Gasteiger partial charge in [0.15, 0.2) is 11.6 Å². The van der Waals surface area contributed by atoms with Gasteiger partial charge < -0.3 is 20.2 Å². The lowest BCUT2D eigenvalue weighted by molar-refractivity contribution is 0.168. The van der Waals surface area contributed by atoms with Gasteiger partial charge in [0, 0.05) is 25.6 Å². The number of hydrogen-bond acceptors (Lipinski definition) is 7. The third-order valence-corrected chi connectivity index (χ3v) is 7.05. The Hall–Kier alpha value is -3.53. The number of benzene rings is 2. The molecule has 0 radical (unpaired) electrons. The zero-order valence-corrected chi connectivity index (χ0v) is 19.8. The first-order valence-corrected chi connectivity index (χ1v) is 11.8.